The summed E-state index contributed by atoms with van der Waals surface area (Å²) < 4.78 is 0. The molecule has 0 bridgehead atoms. The predicted molar refractivity (Wildman–Crippen MR) is 109 cm³/mol. The molecule has 0 unspecified atom stereocenters. The average Bonchev–Trinajstić information content (AvgIpc) is 2.68. The molecule has 1 aliphatic heterocycles. The second-order valence-electron chi connectivity index (χ2n) is 7.03. The van der Waals surface area contributed by atoms with Gasteiger partial charge in [0.1, 0.15) is 5.82 Å². The maximum Gasteiger partial charge on any atom is 0.257 e. The van der Waals surface area contributed by atoms with Gasteiger partial charge in [-0.05, 0) is 37.1 Å². The van der Waals surface area contributed by atoms with Gasteiger partial charge in [-0.1, -0.05) is 37.5 Å². The Morgan fingerprint density at radius 3 is 2.44 bits per heavy atom. The third kappa shape index (κ3) is 4.25. The summed E-state index contributed by atoms with van der Waals surface area (Å²) in [5.41, 5.74) is 2.15. The van der Waals surface area contributed by atoms with Gasteiger partial charge in [0.25, 0.3) is 5.91 Å². The van der Waals surface area contributed by atoms with Crippen molar-refractivity contribution in [1.82, 2.24) is 9.97 Å². The summed E-state index contributed by atoms with van der Waals surface area (Å²) in [5.74, 6) is 0.791. The molecular formula is C22H24N4O. The Morgan fingerprint density at radius 1 is 0.889 bits per heavy atom. The summed E-state index contributed by atoms with van der Waals surface area (Å²) >= 11 is 0. The summed E-state index contributed by atoms with van der Waals surface area (Å²) in [6, 6.07) is 13.6. The molecule has 1 amide bonds. The van der Waals surface area contributed by atoms with E-state index in [1.54, 1.807) is 12.4 Å². The summed E-state index contributed by atoms with van der Waals surface area (Å²) in [6.45, 7) is 2.09. The van der Waals surface area contributed by atoms with Crippen molar-refractivity contribution in [2.45, 2.75) is 32.1 Å². The number of benzene rings is 1. The summed E-state index contributed by atoms with van der Waals surface area (Å²) in [7, 11) is 0. The molecule has 3 heterocycles. The number of nitrogens with zero attached hydrogens (tertiary/aromatic N) is 3. The lowest BCUT2D eigenvalue weighted by molar-refractivity contribution is 0.102. The van der Waals surface area contributed by atoms with E-state index in [1.165, 1.54) is 32.1 Å². The summed E-state index contributed by atoms with van der Waals surface area (Å²) in [6.07, 6.45) is 9.68. The van der Waals surface area contributed by atoms with Crippen LogP contribution in [0.5, 0.6) is 0 Å². The number of fused-ring (bicyclic) bond motifs is 1. The Labute approximate surface area is 159 Å². The molecule has 27 heavy (non-hydrogen) atoms. The lowest BCUT2D eigenvalue weighted by Gasteiger charge is -2.25. The molecular weight excluding hydrogens is 336 g/mol. The highest BCUT2D eigenvalue weighted by molar-refractivity contribution is 6.04. The number of pyridine rings is 2. The Morgan fingerprint density at radius 2 is 1.67 bits per heavy atom. The van der Waals surface area contributed by atoms with Gasteiger partial charge in [-0.15, -0.1) is 0 Å². The van der Waals surface area contributed by atoms with Crippen LogP contribution in [0.15, 0.2) is 54.9 Å². The molecule has 1 fully saturated rings. The number of rotatable bonds is 3. The molecule has 4 rings (SSSR count). The number of para-hydroxylation sites is 1. The van der Waals surface area contributed by atoms with Gasteiger partial charge in [0, 0.05) is 24.7 Å². The first-order valence-electron chi connectivity index (χ1n) is 9.67. The fourth-order valence-electron chi connectivity index (χ4n) is 3.53. The monoisotopic (exact) mass is 360 g/mol. The molecule has 1 aromatic carbocycles. The predicted octanol–water partition coefficient (Wildman–Crippen LogP) is 4.65. The number of carbonyl (C=O) groups is 1. The van der Waals surface area contributed by atoms with Crippen LogP contribution in [0.1, 0.15) is 42.5 Å². The average molecular weight is 360 g/mol. The van der Waals surface area contributed by atoms with Gasteiger partial charge in [-0.25, -0.2) is 4.98 Å². The van der Waals surface area contributed by atoms with Crippen LogP contribution in [0.3, 0.4) is 0 Å². The fourth-order valence-corrected chi connectivity index (χ4v) is 3.53. The van der Waals surface area contributed by atoms with E-state index in [9.17, 15) is 4.79 Å². The number of hydrogen-bond donors (Lipinski definition) is 1. The van der Waals surface area contributed by atoms with Crippen molar-refractivity contribution in [3.05, 3.63) is 60.4 Å². The van der Waals surface area contributed by atoms with Crippen LogP contribution in [0.25, 0.3) is 10.9 Å². The number of nitrogens with one attached hydrogen (secondary N) is 1. The van der Waals surface area contributed by atoms with Crippen molar-refractivity contribution in [3.8, 4) is 0 Å². The Bertz CT molecular complexity index is 915. The van der Waals surface area contributed by atoms with Crippen LogP contribution in [-0.4, -0.2) is 29.0 Å². The highest BCUT2D eigenvalue weighted by atomic mass is 16.1. The second kappa shape index (κ2) is 8.16. The first-order valence-corrected chi connectivity index (χ1v) is 9.67. The van der Waals surface area contributed by atoms with Crippen molar-refractivity contribution >= 4 is 28.3 Å². The van der Waals surface area contributed by atoms with Crippen LogP contribution >= 0.6 is 0 Å². The molecule has 1 saturated heterocycles. The Kier molecular flexibility index (Phi) is 5.28. The largest absolute Gasteiger partial charge is 0.357 e. The maximum atomic E-state index is 12.5. The molecule has 5 nitrogen and oxygen atoms in total. The summed E-state index contributed by atoms with van der Waals surface area (Å²) in [5, 5.41) is 3.91. The van der Waals surface area contributed by atoms with Crippen molar-refractivity contribution in [3.63, 3.8) is 0 Å². The molecule has 0 atom stereocenters. The van der Waals surface area contributed by atoms with Crippen LogP contribution < -0.4 is 10.2 Å². The molecule has 3 aromatic rings. The maximum absolute atomic E-state index is 12.5. The molecule has 0 spiro atoms. The van der Waals surface area contributed by atoms with Crippen LogP contribution in [0.2, 0.25) is 0 Å². The zero-order chi connectivity index (χ0) is 18.5. The van der Waals surface area contributed by atoms with Crippen molar-refractivity contribution < 1.29 is 4.79 Å². The van der Waals surface area contributed by atoms with Crippen molar-refractivity contribution in [2.75, 3.05) is 23.3 Å². The van der Waals surface area contributed by atoms with Gasteiger partial charge in [-0.2, -0.15) is 0 Å². The van der Waals surface area contributed by atoms with Gasteiger partial charge in [0.2, 0.25) is 0 Å². The lowest BCUT2D eigenvalue weighted by Crippen LogP contribution is -2.27. The van der Waals surface area contributed by atoms with Crippen molar-refractivity contribution in [1.29, 1.82) is 0 Å². The van der Waals surface area contributed by atoms with E-state index in [-0.39, 0.29) is 5.91 Å². The van der Waals surface area contributed by atoms with Crippen molar-refractivity contribution in [2.24, 2.45) is 0 Å². The van der Waals surface area contributed by atoms with E-state index < -0.39 is 0 Å². The minimum absolute atomic E-state index is 0.168. The fraction of sp³-hybridized carbons (Fsp3) is 0.318. The van der Waals surface area contributed by atoms with E-state index >= 15 is 0 Å². The summed E-state index contributed by atoms with van der Waals surface area (Å²) in [4.78, 5) is 23.8. The van der Waals surface area contributed by atoms with E-state index in [0.29, 0.717) is 11.3 Å². The van der Waals surface area contributed by atoms with Gasteiger partial charge >= 0.3 is 0 Å². The first-order chi connectivity index (χ1) is 13.3. The normalized spacial score (nSPS) is 15.2. The zero-order valence-electron chi connectivity index (χ0n) is 15.4. The smallest absolute Gasteiger partial charge is 0.257 e. The van der Waals surface area contributed by atoms with Crippen LogP contribution in [0, 0.1) is 0 Å². The molecule has 0 saturated carbocycles. The minimum Gasteiger partial charge on any atom is -0.357 e. The Balaban J connectivity index is 1.45. The second-order valence-corrected chi connectivity index (χ2v) is 7.03. The van der Waals surface area contributed by atoms with Crippen LogP contribution in [0.4, 0.5) is 11.5 Å². The topological polar surface area (TPSA) is 58.1 Å². The number of hydrogen-bond acceptors (Lipinski definition) is 4. The molecule has 0 radical (unpaired) electrons. The third-order valence-corrected chi connectivity index (χ3v) is 5.04. The van der Waals surface area contributed by atoms with Gasteiger partial charge in [-0.3, -0.25) is 9.78 Å². The molecule has 0 aliphatic carbocycles. The zero-order valence-corrected chi connectivity index (χ0v) is 15.4. The molecule has 138 valence electrons. The van der Waals surface area contributed by atoms with E-state index in [2.05, 4.69) is 20.2 Å². The van der Waals surface area contributed by atoms with E-state index in [4.69, 9.17) is 0 Å². The van der Waals surface area contributed by atoms with Crippen LogP contribution in [-0.2, 0) is 0 Å². The SMILES string of the molecule is O=C(Nc1cnc2ccccc2c1)c1ccc(N2CCCCCCC2)nc1. The standard InChI is InChI=1S/C22H24N4O/c27-22(25-19-14-17-8-4-5-9-20(17)23-16-19)18-10-11-21(24-15-18)26-12-6-2-1-3-7-13-26/h4-5,8-11,14-16H,1-3,6-7,12-13H2,(H,25,27). The molecule has 1 aliphatic rings. The first kappa shape index (κ1) is 17.5. The lowest BCUT2D eigenvalue weighted by atomic mass is 10.1. The molecule has 1 N–H and O–H groups in total. The Hall–Kier alpha value is -2.95. The highest BCUT2D eigenvalue weighted by Crippen LogP contribution is 2.19. The number of amides is 1. The molecule has 2 aromatic heterocycles. The highest BCUT2D eigenvalue weighted by Gasteiger charge is 2.12. The minimum atomic E-state index is -0.168. The van der Waals surface area contributed by atoms with E-state index in [0.717, 1.165) is 29.8 Å². The third-order valence-electron chi connectivity index (χ3n) is 5.04. The number of aromatic nitrogens is 2. The van der Waals surface area contributed by atoms with E-state index in [1.807, 2.05) is 42.5 Å². The molecule has 5 heteroatoms. The van der Waals surface area contributed by atoms with Gasteiger partial charge in [0.05, 0.1) is 23.0 Å². The quantitative estimate of drug-likeness (QED) is 0.738. The van der Waals surface area contributed by atoms with Gasteiger partial charge < -0.3 is 10.2 Å². The number of carbonyl (C=O) groups excluding carboxylic acids is 1. The number of anilines is 2. The van der Waals surface area contributed by atoms with Gasteiger partial charge in [0.15, 0.2) is 0 Å².